The summed E-state index contributed by atoms with van der Waals surface area (Å²) in [7, 11) is -5.22. The molecule has 0 aromatic heterocycles. The van der Waals surface area contributed by atoms with Crippen molar-refractivity contribution in [3.8, 4) is 0 Å². The highest BCUT2D eigenvalue weighted by molar-refractivity contribution is 7.53. The lowest BCUT2D eigenvalue weighted by Crippen LogP contribution is -2.57. The maximum absolute atomic E-state index is 13.7. The van der Waals surface area contributed by atoms with Crippen molar-refractivity contribution >= 4 is 17.2 Å². The second-order valence-corrected chi connectivity index (χ2v) is 17.7. The first kappa shape index (κ1) is 42.9. The molecule has 2 aromatic carbocycles. The van der Waals surface area contributed by atoms with Crippen molar-refractivity contribution in [2.24, 2.45) is 11.1 Å². The fraction of sp³-hybridized carbons (Fsp3) is 0.647. The zero-order chi connectivity index (χ0) is 36.3. The molecule has 10 nitrogen and oxygen atoms in total. The summed E-state index contributed by atoms with van der Waals surface area (Å²) in [5, 5.41) is 46.7. The van der Waals surface area contributed by atoms with Crippen LogP contribution in [0.25, 0.3) is 0 Å². The van der Waals surface area contributed by atoms with Crippen molar-refractivity contribution in [2.75, 3.05) is 19.8 Å². The second-order valence-electron chi connectivity index (χ2n) is 16.1. The third kappa shape index (κ3) is 9.53. The van der Waals surface area contributed by atoms with Gasteiger partial charge >= 0.3 is 17.2 Å². The molecular weight excluding hydrogens is 628 g/mol. The average molecular weight is 688 g/mol. The minimum atomic E-state index is -2.61. The van der Waals surface area contributed by atoms with E-state index in [1.165, 1.54) is 0 Å². The van der Waals surface area contributed by atoms with E-state index in [0.717, 1.165) is 27.8 Å². The molecule has 0 aliphatic heterocycles. The number of nitrogens with two attached hydrogens (primary N) is 1. The molecule has 0 heterocycles. The minimum Gasteiger partial charge on any atom is -0.395 e. The normalized spacial score (nSPS) is 14.8. The Morgan fingerprint density at radius 3 is 1.11 bits per heavy atom. The van der Waals surface area contributed by atoms with Gasteiger partial charge in [-0.3, -0.25) is 0 Å². The third-order valence-electron chi connectivity index (χ3n) is 8.28. The molecule has 0 saturated heterocycles. The lowest BCUT2D eigenvalue weighted by Gasteiger charge is -2.51. The van der Waals surface area contributed by atoms with Crippen LogP contribution in [-0.2, 0) is 38.1 Å². The maximum Gasteiger partial charge on any atom is 0.334 e. The smallest absolute Gasteiger partial charge is 0.334 e. The molecule has 10 N–H and O–H groups in total. The first-order valence-corrected chi connectivity index (χ1v) is 17.6. The lowest BCUT2D eigenvalue weighted by atomic mass is 9.56. The van der Waals surface area contributed by atoms with Gasteiger partial charge in [-0.25, -0.2) is 4.31 Å². The van der Waals surface area contributed by atoms with E-state index in [-0.39, 0.29) is 0 Å². The van der Waals surface area contributed by atoms with Crippen LogP contribution in [0.3, 0.4) is 0 Å². The third-order valence-corrected chi connectivity index (χ3v) is 9.44. The van der Waals surface area contributed by atoms with Crippen LogP contribution in [0.4, 0.5) is 0 Å². The first-order chi connectivity index (χ1) is 20.7. The van der Waals surface area contributed by atoms with Gasteiger partial charge in [-0.1, -0.05) is 113 Å². The van der Waals surface area contributed by atoms with Crippen LogP contribution in [0.5, 0.6) is 0 Å². The Hall–Kier alpha value is -1.10. The van der Waals surface area contributed by atoms with Crippen molar-refractivity contribution in [2.45, 2.75) is 117 Å². The predicted molar refractivity (Wildman–Crippen MR) is 186 cm³/mol. The van der Waals surface area contributed by atoms with Gasteiger partial charge in [0, 0.05) is 6.54 Å². The number of rotatable bonds is 9. The highest BCUT2D eigenvalue weighted by atomic mass is 31.2. The van der Waals surface area contributed by atoms with E-state index in [0.29, 0.717) is 17.7 Å². The summed E-state index contributed by atoms with van der Waals surface area (Å²) in [6.45, 7) is 23.7. The number of aliphatic hydroxyl groups excluding tert-OH is 3. The number of benzene rings is 2. The Bertz CT molecular complexity index is 1200. The fourth-order valence-electron chi connectivity index (χ4n) is 5.80. The summed E-state index contributed by atoms with van der Waals surface area (Å²) in [5.74, 6) is 0. The average Bonchev–Trinajstić information content (AvgIpc) is 2.90. The highest BCUT2D eigenvalue weighted by Gasteiger charge is 2.57. The zero-order valence-electron chi connectivity index (χ0n) is 29.7. The van der Waals surface area contributed by atoms with Gasteiger partial charge in [-0.05, 0) is 60.6 Å². The summed E-state index contributed by atoms with van der Waals surface area (Å²) in [6, 6.07) is 10.1. The summed E-state index contributed by atoms with van der Waals surface area (Å²) >= 11 is 0. The molecule has 0 amide bonds. The molecule has 0 aliphatic carbocycles. The molecule has 0 aliphatic rings. The van der Waals surface area contributed by atoms with Crippen molar-refractivity contribution in [1.29, 1.82) is 0 Å². The van der Waals surface area contributed by atoms with Gasteiger partial charge in [0.2, 0.25) is 0 Å². The lowest BCUT2D eigenvalue weighted by molar-refractivity contribution is -0.138. The Morgan fingerprint density at radius 1 is 0.587 bits per heavy atom. The van der Waals surface area contributed by atoms with E-state index < -0.39 is 69.7 Å². The molecule has 0 spiro atoms. The molecule has 2 aromatic rings. The first-order valence-electron chi connectivity index (χ1n) is 15.3. The molecule has 0 saturated carbocycles. The van der Waals surface area contributed by atoms with Gasteiger partial charge in [-0.2, -0.15) is 0 Å². The van der Waals surface area contributed by atoms with Crippen LogP contribution in [0.2, 0.25) is 0 Å². The van der Waals surface area contributed by atoms with E-state index in [4.69, 9.17) is 25.3 Å². The monoisotopic (exact) mass is 687 g/mol. The Kier molecular flexibility index (Phi) is 14.6. The van der Waals surface area contributed by atoms with Gasteiger partial charge in [0.15, 0.2) is 0 Å². The van der Waals surface area contributed by atoms with Gasteiger partial charge in [0.05, 0.1) is 25.2 Å². The van der Waals surface area contributed by atoms with Crippen LogP contribution in [0.1, 0.15) is 122 Å². The second kappa shape index (κ2) is 15.6. The predicted octanol–water partition coefficient (Wildman–Crippen LogP) is 4.96. The number of aliphatic hydroxyl groups is 4. The Labute approximate surface area is 278 Å². The van der Waals surface area contributed by atoms with Gasteiger partial charge in [-0.15, -0.1) is 0 Å². The molecule has 46 heavy (non-hydrogen) atoms. The summed E-state index contributed by atoms with van der Waals surface area (Å²) in [6.07, 6.45) is 0. The largest absolute Gasteiger partial charge is 0.395 e. The Morgan fingerprint density at radius 2 is 0.891 bits per heavy atom. The van der Waals surface area contributed by atoms with Gasteiger partial charge in [0.25, 0.3) is 0 Å². The number of hydrogen-bond donors (Lipinski definition) is 9. The van der Waals surface area contributed by atoms with Crippen LogP contribution in [-0.4, -0.2) is 59.8 Å². The van der Waals surface area contributed by atoms with Gasteiger partial charge in [0.1, 0.15) is 5.60 Å². The van der Waals surface area contributed by atoms with E-state index in [1.807, 2.05) is 30.3 Å². The van der Waals surface area contributed by atoms with Crippen LogP contribution in [0, 0.1) is 5.41 Å². The summed E-state index contributed by atoms with van der Waals surface area (Å²) in [5.41, 5.74) is 6.65. The van der Waals surface area contributed by atoms with E-state index in [1.54, 1.807) is 0 Å². The molecule has 0 radical (unpaired) electrons. The van der Waals surface area contributed by atoms with Gasteiger partial charge < -0.3 is 45.7 Å². The maximum atomic E-state index is 13.7. The van der Waals surface area contributed by atoms with Crippen molar-refractivity contribution < 1.29 is 44.3 Å². The van der Waals surface area contributed by atoms with E-state index in [2.05, 4.69) is 87.4 Å². The molecule has 12 heteroatoms. The van der Waals surface area contributed by atoms with Crippen molar-refractivity contribution in [3.63, 3.8) is 0 Å². The standard InChI is InChI=1S/C34H55NO4.H4O5P2/c1-29(2,3)23-14-13-15-24(30(4,5)6)27(23)34(39,33(19-36,20-37)21-38)28-25(31(7,8)9)16-22(18-35)17-26(28)32(10,11)12;1-6(2)5-7(3)4/h13-17,36-39H,18-21,35H2,1-12H3;1-4H. The quantitative estimate of drug-likeness (QED) is 0.163. The van der Waals surface area contributed by atoms with E-state index >= 15 is 0 Å². The summed E-state index contributed by atoms with van der Waals surface area (Å²) in [4.78, 5) is 31.3. The fourth-order valence-corrected chi connectivity index (χ4v) is 6.32. The molecule has 0 bridgehead atoms. The SMILES string of the molecule is CC(C)(C)c1cccc(C(C)(C)C)c1C(O)(c1c(C(C)(C)C)cc(CN)cc1C(C)(C)C)C(CO)(CO)CO.OP(O)OP(O)O. The molecular formula is C34H59NO9P2. The highest BCUT2D eigenvalue weighted by Crippen LogP contribution is 2.55. The summed E-state index contributed by atoms with van der Waals surface area (Å²) < 4.78 is 3.60. The molecule has 264 valence electrons. The molecule has 1 atom stereocenters. The minimum absolute atomic E-state index is 0.335. The van der Waals surface area contributed by atoms with Crippen LogP contribution in [0.15, 0.2) is 30.3 Å². The van der Waals surface area contributed by atoms with Crippen molar-refractivity contribution in [1.82, 2.24) is 0 Å². The van der Waals surface area contributed by atoms with Crippen LogP contribution >= 0.6 is 17.2 Å². The van der Waals surface area contributed by atoms with Crippen LogP contribution < -0.4 is 5.73 Å². The molecule has 0 fully saturated rings. The molecule has 2 rings (SSSR count). The van der Waals surface area contributed by atoms with Crippen molar-refractivity contribution in [3.05, 3.63) is 69.3 Å². The topological polar surface area (TPSA) is 197 Å². The number of hydrogen-bond acceptors (Lipinski definition) is 10. The Balaban J connectivity index is 0.00000135. The molecule has 1 unspecified atom stereocenters. The zero-order valence-corrected chi connectivity index (χ0v) is 31.5. The van der Waals surface area contributed by atoms with E-state index in [9.17, 15) is 20.4 Å².